The fourth-order valence-electron chi connectivity index (χ4n) is 2.88. The SMILES string of the molecule is COc1ccc2c(n1)N(C(=O)C(C#N)Cc1ccc(C#N)cc1)CC2. The third-order valence-electron chi connectivity index (χ3n) is 4.24. The van der Waals surface area contributed by atoms with Gasteiger partial charge in [0, 0.05) is 12.6 Å². The van der Waals surface area contributed by atoms with Crippen LogP contribution >= 0.6 is 0 Å². The van der Waals surface area contributed by atoms with E-state index in [2.05, 4.69) is 17.1 Å². The number of aromatic nitrogens is 1. The topological polar surface area (TPSA) is 90.0 Å². The molecule has 1 aliphatic heterocycles. The van der Waals surface area contributed by atoms with Crippen LogP contribution in [0.15, 0.2) is 36.4 Å². The van der Waals surface area contributed by atoms with Crippen molar-refractivity contribution in [3.63, 3.8) is 0 Å². The lowest BCUT2D eigenvalue weighted by atomic mass is 9.98. The number of pyridine rings is 1. The molecule has 25 heavy (non-hydrogen) atoms. The highest BCUT2D eigenvalue weighted by Crippen LogP contribution is 2.29. The number of hydrogen-bond donors (Lipinski definition) is 0. The standard InChI is InChI=1S/C19H16N4O2/c1-25-17-7-6-15-8-9-23(18(15)22-17)19(24)16(12-21)10-13-2-4-14(11-20)5-3-13/h2-7,16H,8-10H2,1H3. The number of methoxy groups -OCH3 is 1. The molecule has 0 bridgehead atoms. The second kappa shape index (κ2) is 7.02. The minimum absolute atomic E-state index is 0.258. The smallest absolute Gasteiger partial charge is 0.245 e. The zero-order valence-corrected chi connectivity index (χ0v) is 13.8. The molecule has 6 heteroatoms. The average molecular weight is 332 g/mol. The lowest BCUT2D eigenvalue weighted by Gasteiger charge is -2.19. The maximum Gasteiger partial charge on any atom is 0.245 e. The van der Waals surface area contributed by atoms with Crippen LogP contribution in [0.25, 0.3) is 0 Å². The van der Waals surface area contributed by atoms with Gasteiger partial charge in [0.1, 0.15) is 11.7 Å². The Hall–Kier alpha value is -3.38. The van der Waals surface area contributed by atoms with Crippen molar-refractivity contribution in [2.75, 3.05) is 18.6 Å². The molecule has 6 nitrogen and oxygen atoms in total. The highest BCUT2D eigenvalue weighted by molar-refractivity contribution is 5.97. The summed E-state index contributed by atoms with van der Waals surface area (Å²) in [6, 6.07) is 14.7. The van der Waals surface area contributed by atoms with Crippen LogP contribution < -0.4 is 9.64 Å². The van der Waals surface area contributed by atoms with Crippen molar-refractivity contribution in [1.29, 1.82) is 10.5 Å². The Kier molecular flexibility index (Phi) is 4.63. The minimum Gasteiger partial charge on any atom is -0.481 e. The van der Waals surface area contributed by atoms with Crippen molar-refractivity contribution in [3.05, 3.63) is 53.1 Å². The number of ether oxygens (including phenoxy) is 1. The van der Waals surface area contributed by atoms with Crippen LogP contribution in [0.5, 0.6) is 5.88 Å². The molecule has 1 unspecified atom stereocenters. The molecule has 1 aromatic heterocycles. The molecular formula is C19H16N4O2. The van der Waals surface area contributed by atoms with Crippen LogP contribution in [0.3, 0.4) is 0 Å². The number of carbonyl (C=O) groups is 1. The largest absolute Gasteiger partial charge is 0.481 e. The summed E-state index contributed by atoms with van der Waals surface area (Å²) in [5, 5.41) is 18.3. The Morgan fingerprint density at radius 2 is 2.04 bits per heavy atom. The van der Waals surface area contributed by atoms with Gasteiger partial charge in [-0.1, -0.05) is 12.1 Å². The van der Waals surface area contributed by atoms with Crippen molar-refractivity contribution in [2.24, 2.45) is 5.92 Å². The third kappa shape index (κ3) is 3.29. The molecule has 2 aromatic rings. The molecule has 1 atom stereocenters. The highest BCUT2D eigenvalue weighted by atomic mass is 16.5. The van der Waals surface area contributed by atoms with Gasteiger partial charge in [0.15, 0.2) is 0 Å². The van der Waals surface area contributed by atoms with Gasteiger partial charge in [-0.05, 0) is 42.2 Å². The summed E-state index contributed by atoms with van der Waals surface area (Å²) < 4.78 is 5.13. The predicted molar refractivity (Wildman–Crippen MR) is 90.8 cm³/mol. The summed E-state index contributed by atoms with van der Waals surface area (Å²) in [5.41, 5.74) is 2.37. The van der Waals surface area contributed by atoms with Gasteiger partial charge in [-0.3, -0.25) is 9.69 Å². The zero-order valence-electron chi connectivity index (χ0n) is 13.8. The Labute approximate surface area is 145 Å². The molecule has 0 saturated heterocycles. The first kappa shape index (κ1) is 16.5. The molecule has 0 N–H and O–H groups in total. The van der Waals surface area contributed by atoms with Crippen molar-refractivity contribution < 1.29 is 9.53 Å². The van der Waals surface area contributed by atoms with Gasteiger partial charge in [-0.2, -0.15) is 15.5 Å². The summed E-state index contributed by atoms with van der Waals surface area (Å²) in [6.07, 6.45) is 1.02. The summed E-state index contributed by atoms with van der Waals surface area (Å²) in [7, 11) is 1.53. The molecule has 1 aliphatic rings. The molecule has 0 aliphatic carbocycles. The lowest BCUT2D eigenvalue weighted by Crippen LogP contribution is -2.35. The molecule has 1 amide bonds. The van der Waals surface area contributed by atoms with Crippen LogP contribution in [0, 0.1) is 28.6 Å². The Morgan fingerprint density at radius 3 is 2.68 bits per heavy atom. The minimum atomic E-state index is -0.799. The van der Waals surface area contributed by atoms with E-state index in [-0.39, 0.29) is 5.91 Å². The molecular weight excluding hydrogens is 316 g/mol. The number of carbonyl (C=O) groups excluding carboxylic acids is 1. The highest BCUT2D eigenvalue weighted by Gasteiger charge is 2.31. The van der Waals surface area contributed by atoms with Crippen LogP contribution in [0.4, 0.5) is 5.82 Å². The average Bonchev–Trinajstić information content (AvgIpc) is 3.09. The first-order valence-electron chi connectivity index (χ1n) is 7.90. The third-order valence-corrected chi connectivity index (χ3v) is 4.24. The summed E-state index contributed by atoms with van der Waals surface area (Å²) in [4.78, 5) is 18.8. The molecule has 0 fully saturated rings. The summed E-state index contributed by atoms with van der Waals surface area (Å²) in [6.45, 7) is 0.514. The van der Waals surface area contributed by atoms with Gasteiger partial charge in [0.05, 0.1) is 24.8 Å². The Morgan fingerprint density at radius 1 is 1.28 bits per heavy atom. The Bertz CT molecular complexity index is 878. The van der Waals surface area contributed by atoms with Gasteiger partial charge in [-0.15, -0.1) is 0 Å². The molecule has 124 valence electrons. The van der Waals surface area contributed by atoms with Crippen molar-refractivity contribution in [1.82, 2.24) is 4.98 Å². The number of rotatable bonds is 4. The van der Waals surface area contributed by atoms with Crippen LogP contribution in [-0.2, 0) is 17.6 Å². The fraction of sp³-hybridized carbons (Fsp3) is 0.263. The maximum absolute atomic E-state index is 12.8. The number of fused-ring (bicyclic) bond motifs is 1. The predicted octanol–water partition coefficient (Wildman–Crippen LogP) is 2.23. The zero-order chi connectivity index (χ0) is 17.8. The van der Waals surface area contributed by atoms with Crippen LogP contribution in [-0.4, -0.2) is 24.5 Å². The first-order valence-corrected chi connectivity index (χ1v) is 7.90. The Balaban J connectivity index is 1.80. The van der Waals surface area contributed by atoms with E-state index in [1.807, 2.05) is 6.07 Å². The normalized spacial score (nSPS) is 13.5. The van der Waals surface area contributed by atoms with E-state index in [1.54, 1.807) is 35.2 Å². The monoisotopic (exact) mass is 332 g/mol. The molecule has 3 rings (SSSR count). The van der Waals surface area contributed by atoms with E-state index >= 15 is 0 Å². The second-order valence-electron chi connectivity index (χ2n) is 5.77. The van der Waals surface area contributed by atoms with Crippen LogP contribution in [0.2, 0.25) is 0 Å². The second-order valence-corrected chi connectivity index (χ2v) is 5.77. The van der Waals surface area contributed by atoms with E-state index in [9.17, 15) is 10.1 Å². The number of amides is 1. The van der Waals surface area contributed by atoms with Gasteiger partial charge in [0.2, 0.25) is 11.8 Å². The quantitative estimate of drug-likeness (QED) is 0.856. The number of benzene rings is 1. The number of anilines is 1. The molecule has 2 heterocycles. The number of nitriles is 2. The van der Waals surface area contributed by atoms with Gasteiger partial charge < -0.3 is 4.74 Å². The van der Waals surface area contributed by atoms with Crippen molar-refractivity contribution in [2.45, 2.75) is 12.8 Å². The van der Waals surface area contributed by atoms with E-state index in [0.717, 1.165) is 11.1 Å². The summed E-state index contributed by atoms with van der Waals surface area (Å²) in [5.74, 6) is -0.0401. The molecule has 0 saturated carbocycles. The molecule has 0 spiro atoms. The fourth-order valence-corrected chi connectivity index (χ4v) is 2.88. The number of hydrogen-bond acceptors (Lipinski definition) is 5. The van der Waals surface area contributed by atoms with E-state index < -0.39 is 5.92 Å². The maximum atomic E-state index is 12.8. The van der Waals surface area contributed by atoms with E-state index in [0.29, 0.717) is 36.6 Å². The molecule has 1 aromatic carbocycles. The first-order chi connectivity index (χ1) is 12.2. The van der Waals surface area contributed by atoms with Crippen LogP contribution in [0.1, 0.15) is 16.7 Å². The lowest BCUT2D eigenvalue weighted by molar-refractivity contribution is -0.120. The van der Waals surface area contributed by atoms with Gasteiger partial charge >= 0.3 is 0 Å². The van der Waals surface area contributed by atoms with Gasteiger partial charge in [-0.25, -0.2) is 0 Å². The van der Waals surface area contributed by atoms with Crippen molar-refractivity contribution >= 4 is 11.7 Å². The van der Waals surface area contributed by atoms with E-state index in [4.69, 9.17) is 10.00 Å². The van der Waals surface area contributed by atoms with E-state index in [1.165, 1.54) is 7.11 Å². The number of nitrogens with zero attached hydrogens (tertiary/aromatic N) is 4. The molecule has 0 radical (unpaired) electrons. The van der Waals surface area contributed by atoms with Gasteiger partial charge in [0.25, 0.3) is 0 Å². The summed E-state index contributed by atoms with van der Waals surface area (Å²) >= 11 is 0. The van der Waals surface area contributed by atoms with Crippen molar-refractivity contribution in [3.8, 4) is 18.0 Å².